The van der Waals surface area contributed by atoms with E-state index in [4.69, 9.17) is 0 Å². The molecule has 0 radical (unpaired) electrons. The summed E-state index contributed by atoms with van der Waals surface area (Å²) in [7, 11) is 3.79. The third kappa shape index (κ3) is 5.67. The molecular formula is C35H39N7O2. The first-order chi connectivity index (χ1) is 21.0. The van der Waals surface area contributed by atoms with Crippen LogP contribution in [0.4, 0.5) is 11.5 Å². The largest absolute Gasteiger partial charge is 0.336 e. The second-order valence-corrected chi connectivity index (χ2v) is 12.9. The Hall–Kier alpha value is -4.63. The van der Waals surface area contributed by atoms with Crippen LogP contribution in [0.3, 0.4) is 0 Å². The second-order valence-electron chi connectivity index (χ2n) is 12.9. The first-order valence-corrected chi connectivity index (χ1v) is 15.1. The summed E-state index contributed by atoms with van der Waals surface area (Å²) in [5.41, 5.74) is 5.15. The van der Waals surface area contributed by atoms with Gasteiger partial charge in [-0.1, -0.05) is 45.0 Å². The molecule has 0 unspecified atom stereocenters. The summed E-state index contributed by atoms with van der Waals surface area (Å²) in [6, 6.07) is 17.4. The molecule has 1 aliphatic heterocycles. The molecule has 5 aromatic rings. The highest BCUT2D eigenvalue weighted by Gasteiger charge is 2.20. The lowest BCUT2D eigenvalue weighted by Gasteiger charge is -2.29. The fraction of sp³-hybridized carbons (Fsp3) is 0.343. The van der Waals surface area contributed by atoms with E-state index in [9.17, 15) is 9.59 Å². The summed E-state index contributed by atoms with van der Waals surface area (Å²) in [5.74, 6) is 1.11. The molecule has 1 fully saturated rings. The number of nitrogens with one attached hydrogen (secondary N) is 1. The molecule has 3 aromatic heterocycles. The van der Waals surface area contributed by atoms with Crippen molar-refractivity contribution in [2.45, 2.75) is 51.9 Å². The number of piperidine rings is 1. The van der Waals surface area contributed by atoms with Crippen LogP contribution in [0.1, 0.15) is 56.2 Å². The van der Waals surface area contributed by atoms with Gasteiger partial charge in [-0.15, -0.1) is 0 Å². The van der Waals surface area contributed by atoms with Crippen molar-refractivity contribution in [2.75, 3.05) is 25.5 Å². The quantitative estimate of drug-likeness (QED) is 0.281. The number of pyridine rings is 1. The van der Waals surface area contributed by atoms with Gasteiger partial charge in [-0.05, 0) is 98.3 Å². The number of nitrogens with zero attached hydrogens (tertiary/aromatic N) is 6. The Bertz CT molecular complexity index is 1960. The van der Waals surface area contributed by atoms with Crippen molar-refractivity contribution in [1.82, 2.24) is 29.4 Å². The summed E-state index contributed by atoms with van der Waals surface area (Å²) in [4.78, 5) is 33.7. The predicted octanol–water partition coefficient (Wildman–Crippen LogP) is 5.70. The van der Waals surface area contributed by atoms with E-state index in [1.54, 1.807) is 19.3 Å². The third-order valence-corrected chi connectivity index (χ3v) is 8.76. The molecule has 0 saturated carbocycles. The fourth-order valence-electron chi connectivity index (χ4n) is 5.95. The molecule has 1 saturated heterocycles. The average molecular weight is 590 g/mol. The van der Waals surface area contributed by atoms with E-state index in [0.29, 0.717) is 34.2 Å². The predicted molar refractivity (Wildman–Crippen MR) is 176 cm³/mol. The summed E-state index contributed by atoms with van der Waals surface area (Å²) < 4.78 is 2.76. The molecule has 0 spiro atoms. The summed E-state index contributed by atoms with van der Waals surface area (Å²) >= 11 is 0. The van der Waals surface area contributed by atoms with Crippen LogP contribution >= 0.6 is 0 Å². The average Bonchev–Trinajstić information content (AvgIpc) is 3.00. The Morgan fingerprint density at radius 3 is 2.39 bits per heavy atom. The monoisotopic (exact) mass is 589 g/mol. The van der Waals surface area contributed by atoms with Gasteiger partial charge in [0.1, 0.15) is 11.5 Å². The van der Waals surface area contributed by atoms with Crippen LogP contribution in [0, 0.1) is 6.92 Å². The first kappa shape index (κ1) is 29.4. The maximum absolute atomic E-state index is 13.6. The molecule has 0 aliphatic carbocycles. The number of benzene rings is 2. The van der Waals surface area contributed by atoms with Crippen molar-refractivity contribution in [3.8, 4) is 16.9 Å². The molecule has 0 amide bonds. The van der Waals surface area contributed by atoms with Crippen molar-refractivity contribution >= 4 is 22.3 Å². The first-order valence-electron chi connectivity index (χ1n) is 15.1. The van der Waals surface area contributed by atoms with Crippen LogP contribution in [0.2, 0.25) is 0 Å². The minimum absolute atomic E-state index is 0.0313. The van der Waals surface area contributed by atoms with E-state index < -0.39 is 0 Å². The third-order valence-electron chi connectivity index (χ3n) is 8.76. The zero-order valence-electron chi connectivity index (χ0n) is 26.3. The maximum Gasteiger partial charge on any atom is 0.290 e. The summed E-state index contributed by atoms with van der Waals surface area (Å²) in [6.45, 7) is 10.6. The number of rotatable bonds is 5. The lowest BCUT2D eigenvalue weighted by atomic mass is 9.86. The Morgan fingerprint density at radius 2 is 1.68 bits per heavy atom. The van der Waals surface area contributed by atoms with E-state index in [1.807, 2.05) is 55.6 Å². The van der Waals surface area contributed by atoms with Crippen LogP contribution in [0.25, 0.3) is 27.7 Å². The molecule has 226 valence electrons. The van der Waals surface area contributed by atoms with Crippen molar-refractivity contribution in [3.63, 3.8) is 0 Å². The molecule has 9 heteroatoms. The number of anilines is 2. The molecule has 4 heterocycles. The number of likely N-dealkylation sites (tertiary alicyclic amines) is 1. The molecule has 2 aromatic carbocycles. The number of aryl methyl sites for hydroxylation is 1. The van der Waals surface area contributed by atoms with E-state index in [2.05, 4.69) is 59.3 Å². The maximum atomic E-state index is 13.6. The van der Waals surface area contributed by atoms with Gasteiger partial charge in [0.25, 0.3) is 11.1 Å². The summed E-state index contributed by atoms with van der Waals surface area (Å²) in [5, 5.41) is 13.7. The zero-order chi connectivity index (χ0) is 31.2. The molecule has 6 rings (SSSR count). The van der Waals surface area contributed by atoms with Gasteiger partial charge >= 0.3 is 0 Å². The highest BCUT2D eigenvalue weighted by molar-refractivity contribution is 5.82. The van der Waals surface area contributed by atoms with Crippen LogP contribution in [0.15, 0.2) is 76.6 Å². The number of aromatic nitrogens is 5. The van der Waals surface area contributed by atoms with Crippen LogP contribution in [-0.2, 0) is 12.5 Å². The van der Waals surface area contributed by atoms with Gasteiger partial charge in [0.2, 0.25) is 0 Å². The SMILES string of the molecule is Cc1c(-c2cc(Nc3ccc(C4CCN(C)CC4)cn3)c(=O)n(C)n2)cccc1-n1ncc2cc(C(C)(C)C)ccc2c1=O. The summed E-state index contributed by atoms with van der Waals surface area (Å²) in [6.07, 6.45) is 5.90. The highest BCUT2D eigenvalue weighted by Crippen LogP contribution is 2.30. The molecule has 1 aliphatic rings. The smallest absolute Gasteiger partial charge is 0.290 e. The Labute approximate surface area is 257 Å². The van der Waals surface area contributed by atoms with E-state index >= 15 is 0 Å². The molecule has 44 heavy (non-hydrogen) atoms. The molecule has 0 bridgehead atoms. The number of fused-ring (bicyclic) bond motifs is 1. The van der Waals surface area contributed by atoms with E-state index in [-0.39, 0.29) is 16.5 Å². The number of hydrogen-bond acceptors (Lipinski definition) is 7. The van der Waals surface area contributed by atoms with Crippen molar-refractivity contribution in [2.24, 2.45) is 7.05 Å². The van der Waals surface area contributed by atoms with E-state index in [1.165, 1.54) is 14.9 Å². The fourth-order valence-corrected chi connectivity index (χ4v) is 5.95. The van der Waals surface area contributed by atoms with Crippen molar-refractivity contribution < 1.29 is 0 Å². The van der Waals surface area contributed by atoms with Gasteiger partial charge in [-0.25, -0.2) is 9.67 Å². The van der Waals surface area contributed by atoms with Gasteiger partial charge in [-0.2, -0.15) is 14.9 Å². The van der Waals surface area contributed by atoms with Gasteiger partial charge in [0.15, 0.2) is 0 Å². The van der Waals surface area contributed by atoms with E-state index in [0.717, 1.165) is 48.0 Å². The van der Waals surface area contributed by atoms with Gasteiger partial charge in [0, 0.05) is 24.2 Å². The normalized spacial score (nSPS) is 14.7. The Morgan fingerprint density at radius 1 is 0.909 bits per heavy atom. The second kappa shape index (κ2) is 11.5. The Kier molecular flexibility index (Phi) is 7.67. The number of hydrogen-bond donors (Lipinski definition) is 1. The highest BCUT2D eigenvalue weighted by atomic mass is 16.1. The standard InChI is InChI=1S/C35H39N7O2/c1-22-27(8-7-9-31(22)42-33(43)28-12-11-26(35(2,3)4)18-25(28)21-37-42)29-19-30(34(44)41(6)39-29)38-32-13-10-24(20-36-32)23-14-16-40(5)17-15-23/h7-13,18-21,23H,14-17H2,1-6H3,(H,36,38). The molecular weight excluding hydrogens is 550 g/mol. The molecule has 0 atom stereocenters. The molecule has 1 N–H and O–H groups in total. The minimum atomic E-state index is -0.259. The lowest BCUT2D eigenvalue weighted by Crippen LogP contribution is -2.29. The Balaban J connectivity index is 1.32. The van der Waals surface area contributed by atoms with Crippen LogP contribution < -0.4 is 16.4 Å². The van der Waals surface area contributed by atoms with Gasteiger partial charge < -0.3 is 10.2 Å². The van der Waals surface area contributed by atoms with Gasteiger partial charge in [0.05, 0.1) is 23.0 Å². The zero-order valence-corrected chi connectivity index (χ0v) is 26.3. The van der Waals surface area contributed by atoms with Crippen LogP contribution in [0.5, 0.6) is 0 Å². The van der Waals surface area contributed by atoms with Gasteiger partial charge in [-0.3, -0.25) is 9.59 Å². The minimum Gasteiger partial charge on any atom is -0.336 e. The van der Waals surface area contributed by atoms with Crippen LogP contribution in [-0.4, -0.2) is 49.6 Å². The van der Waals surface area contributed by atoms with Crippen molar-refractivity contribution in [1.29, 1.82) is 0 Å². The molecule has 9 nitrogen and oxygen atoms in total. The topological polar surface area (TPSA) is 97.9 Å². The lowest BCUT2D eigenvalue weighted by molar-refractivity contribution is 0.255. The van der Waals surface area contributed by atoms with Crippen molar-refractivity contribution in [3.05, 3.63) is 104 Å².